The van der Waals surface area contributed by atoms with E-state index in [0.717, 1.165) is 28.6 Å². The average Bonchev–Trinajstić information content (AvgIpc) is 3.24. The van der Waals surface area contributed by atoms with Crippen LogP contribution in [-0.4, -0.2) is 26.5 Å². The lowest BCUT2D eigenvalue weighted by Gasteiger charge is -2.08. The molecule has 2 aromatic heterocycles. The van der Waals surface area contributed by atoms with Crippen LogP contribution >= 0.6 is 11.8 Å². The van der Waals surface area contributed by atoms with Crippen molar-refractivity contribution in [2.24, 2.45) is 0 Å². The van der Waals surface area contributed by atoms with Crippen molar-refractivity contribution in [2.45, 2.75) is 44.8 Å². The highest BCUT2D eigenvalue weighted by molar-refractivity contribution is 8.00. The first kappa shape index (κ1) is 19.0. The molecule has 3 aromatic rings. The first-order valence-corrected chi connectivity index (χ1v) is 9.22. The molecule has 27 heavy (non-hydrogen) atoms. The molecule has 2 heterocycles. The van der Waals surface area contributed by atoms with E-state index in [9.17, 15) is 4.79 Å². The van der Waals surface area contributed by atoms with Gasteiger partial charge in [0, 0.05) is 6.07 Å². The molecule has 9 heteroatoms. The summed E-state index contributed by atoms with van der Waals surface area (Å²) in [6.07, 6.45) is 0. The predicted molar refractivity (Wildman–Crippen MR) is 99.7 cm³/mol. The van der Waals surface area contributed by atoms with Gasteiger partial charge in [0.2, 0.25) is 5.91 Å². The number of amides is 1. The Bertz CT molecular complexity index is 937. The van der Waals surface area contributed by atoms with E-state index in [4.69, 9.17) is 13.7 Å². The summed E-state index contributed by atoms with van der Waals surface area (Å²) in [5.74, 6) is 1.88. The number of ether oxygens (including phenoxy) is 1. The van der Waals surface area contributed by atoms with Crippen molar-refractivity contribution >= 4 is 23.5 Å². The van der Waals surface area contributed by atoms with Crippen LogP contribution in [-0.2, 0) is 11.4 Å². The number of rotatable bonds is 7. The number of nitrogens with zero attached hydrogens (tertiary/aromatic N) is 3. The van der Waals surface area contributed by atoms with Crippen LogP contribution < -0.4 is 10.1 Å². The van der Waals surface area contributed by atoms with Crippen LogP contribution in [0.15, 0.2) is 38.4 Å². The van der Waals surface area contributed by atoms with Gasteiger partial charge >= 0.3 is 0 Å². The van der Waals surface area contributed by atoms with Crippen molar-refractivity contribution in [1.82, 2.24) is 15.4 Å². The van der Waals surface area contributed by atoms with E-state index in [1.54, 1.807) is 19.9 Å². The standard InChI is InChI=1S/C18H20N4O4S/c1-10-5-6-11(2)14(7-10)24-9-16-20-21-18(25-16)27-13(4)17(23)19-15-8-12(3)26-22-15/h5-8,13H,9H2,1-4H3,(H,19,22,23). The summed E-state index contributed by atoms with van der Waals surface area (Å²) in [5, 5.41) is 14.2. The molecule has 0 aliphatic carbocycles. The predicted octanol–water partition coefficient (Wildman–Crippen LogP) is 3.68. The van der Waals surface area contributed by atoms with Crippen molar-refractivity contribution < 1.29 is 18.5 Å². The van der Waals surface area contributed by atoms with Crippen molar-refractivity contribution in [1.29, 1.82) is 0 Å². The molecule has 0 aliphatic heterocycles. The maximum Gasteiger partial charge on any atom is 0.277 e. The van der Waals surface area contributed by atoms with Gasteiger partial charge in [-0.05, 0) is 44.9 Å². The van der Waals surface area contributed by atoms with Gasteiger partial charge in [0.15, 0.2) is 12.4 Å². The fourth-order valence-corrected chi connectivity index (χ4v) is 2.91. The largest absolute Gasteiger partial charge is 0.484 e. The number of thioether (sulfide) groups is 1. The van der Waals surface area contributed by atoms with E-state index < -0.39 is 5.25 Å². The third-order valence-electron chi connectivity index (χ3n) is 3.67. The molecule has 0 bridgehead atoms. The minimum atomic E-state index is -0.449. The fraction of sp³-hybridized carbons (Fsp3) is 0.333. The minimum absolute atomic E-state index is 0.163. The van der Waals surface area contributed by atoms with Gasteiger partial charge in [-0.1, -0.05) is 29.1 Å². The van der Waals surface area contributed by atoms with Crippen LogP contribution in [0.5, 0.6) is 5.75 Å². The maximum atomic E-state index is 12.2. The summed E-state index contributed by atoms with van der Waals surface area (Å²) in [5.41, 5.74) is 2.14. The van der Waals surface area contributed by atoms with E-state index in [2.05, 4.69) is 20.7 Å². The number of aromatic nitrogens is 3. The number of hydrogen-bond acceptors (Lipinski definition) is 8. The molecule has 0 fully saturated rings. The number of carbonyl (C=O) groups excluding carboxylic acids is 1. The molecule has 1 unspecified atom stereocenters. The van der Waals surface area contributed by atoms with Crippen LogP contribution in [0.3, 0.4) is 0 Å². The lowest BCUT2D eigenvalue weighted by molar-refractivity contribution is -0.115. The van der Waals surface area contributed by atoms with Crippen molar-refractivity contribution in [3.05, 3.63) is 47.0 Å². The second-order valence-corrected chi connectivity index (χ2v) is 7.38. The summed E-state index contributed by atoms with van der Waals surface area (Å²) in [4.78, 5) is 12.2. The normalized spacial score (nSPS) is 12.0. The quantitative estimate of drug-likeness (QED) is 0.611. The van der Waals surface area contributed by atoms with Crippen LogP contribution in [0.25, 0.3) is 0 Å². The van der Waals surface area contributed by atoms with E-state index in [1.807, 2.05) is 32.0 Å². The Morgan fingerprint density at radius 1 is 1.26 bits per heavy atom. The number of hydrogen-bond donors (Lipinski definition) is 1. The number of benzene rings is 1. The van der Waals surface area contributed by atoms with Gasteiger partial charge in [-0.3, -0.25) is 4.79 Å². The van der Waals surface area contributed by atoms with Gasteiger partial charge in [0.05, 0.1) is 5.25 Å². The van der Waals surface area contributed by atoms with Crippen molar-refractivity contribution in [2.75, 3.05) is 5.32 Å². The van der Waals surface area contributed by atoms with Gasteiger partial charge in [-0.2, -0.15) is 0 Å². The minimum Gasteiger partial charge on any atom is -0.484 e. The monoisotopic (exact) mass is 388 g/mol. The molecule has 8 nitrogen and oxygen atoms in total. The Balaban J connectivity index is 1.54. The summed E-state index contributed by atoms with van der Waals surface area (Å²) >= 11 is 1.16. The van der Waals surface area contributed by atoms with Gasteiger partial charge in [0.25, 0.3) is 11.1 Å². The Morgan fingerprint density at radius 3 is 2.81 bits per heavy atom. The zero-order valence-electron chi connectivity index (χ0n) is 15.5. The van der Waals surface area contributed by atoms with Crippen LogP contribution in [0, 0.1) is 20.8 Å². The molecule has 1 aromatic carbocycles. The second-order valence-electron chi connectivity index (χ2n) is 6.09. The molecule has 1 amide bonds. The summed E-state index contributed by atoms with van der Waals surface area (Å²) in [7, 11) is 0. The summed E-state index contributed by atoms with van der Waals surface area (Å²) in [6, 6.07) is 7.62. The molecule has 1 atom stereocenters. The lowest BCUT2D eigenvalue weighted by Crippen LogP contribution is -2.22. The number of carbonyl (C=O) groups is 1. The zero-order chi connectivity index (χ0) is 19.4. The third-order valence-corrected chi connectivity index (χ3v) is 4.60. The summed E-state index contributed by atoms with van der Waals surface area (Å²) < 4.78 is 16.2. The molecule has 1 N–H and O–H groups in total. The first-order chi connectivity index (χ1) is 12.9. The zero-order valence-corrected chi connectivity index (χ0v) is 16.3. The third kappa shape index (κ3) is 5.10. The van der Waals surface area contributed by atoms with Gasteiger partial charge in [-0.25, -0.2) is 0 Å². The van der Waals surface area contributed by atoms with Crippen molar-refractivity contribution in [3.63, 3.8) is 0 Å². The van der Waals surface area contributed by atoms with Gasteiger partial charge < -0.3 is 19.0 Å². The number of anilines is 1. The second kappa shape index (κ2) is 8.26. The molecular formula is C18H20N4O4S. The van der Waals surface area contributed by atoms with Gasteiger partial charge in [-0.15, -0.1) is 10.2 Å². The topological polar surface area (TPSA) is 103 Å². The first-order valence-electron chi connectivity index (χ1n) is 8.34. The molecular weight excluding hydrogens is 368 g/mol. The molecule has 0 saturated carbocycles. The Morgan fingerprint density at radius 2 is 2.07 bits per heavy atom. The SMILES string of the molecule is Cc1ccc(C)c(OCc2nnc(SC(C)C(=O)Nc3cc(C)on3)o2)c1. The number of nitrogens with one attached hydrogen (secondary N) is 1. The highest BCUT2D eigenvalue weighted by Crippen LogP contribution is 2.24. The van der Waals surface area contributed by atoms with E-state index >= 15 is 0 Å². The Hall–Kier alpha value is -2.81. The van der Waals surface area contributed by atoms with E-state index in [1.165, 1.54) is 0 Å². The Kier molecular flexibility index (Phi) is 5.80. The molecule has 3 rings (SSSR count). The maximum absolute atomic E-state index is 12.2. The molecule has 0 radical (unpaired) electrons. The van der Waals surface area contributed by atoms with E-state index in [0.29, 0.717) is 22.7 Å². The molecule has 0 saturated heterocycles. The van der Waals surface area contributed by atoms with E-state index in [-0.39, 0.29) is 12.5 Å². The summed E-state index contributed by atoms with van der Waals surface area (Å²) in [6.45, 7) is 7.63. The average molecular weight is 388 g/mol. The Labute approximate surface area is 160 Å². The van der Waals surface area contributed by atoms with Crippen LogP contribution in [0.2, 0.25) is 0 Å². The lowest BCUT2D eigenvalue weighted by atomic mass is 10.1. The molecule has 142 valence electrons. The van der Waals surface area contributed by atoms with Crippen molar-refractivity contribution in [3.8, 4) is 5.75 Å². The fourth-order valence-electron chi connectivity index (χ4n) is 2.20. The molecule has 0 aliphatic rings. The van der Waals surface area contributed by atoms with Crippen LogP contribution in [0.1, 0.15) is 29.7 Å². The highest BCUT2D eigenvalue weighted by Gasteiger charge is 2.19. The molecule has 0 spiro atoms. The van der Waals surface area contributed by atoms with Gasteiger partial charge in [0.1, 0.15) is 11.5 Å². The van der Waals surface area contributed by atoms with Crippen LogP contribution in [0.4, 0.5) is 5.82 Å². The number of aryl methyl sites for hydroxylation is 3. The smallest absolute Gasteiger partial charge is 0.277 e. The highest BCUT2D eigenvalue weighted by atomic mass is 32.2.